The number of hydrogen-bond donors (Lipinski definition) is 1. The minimum atomic E-state index is 0.749. The van der Waals surface area contributed by atoms with Crippen molar-refractivity contribution in [3.8, 4) is 0 Å². The molecule has 1 unspecified atom stereocenters. The van der Waals surface area contributed by atoms with Crippen molar-refractivity contribution in [2.45, 2.75) is 12.8 Å². The monoisotopic (exact) mass is 234 g/mol. The molecule has 2 aromatic heterocycles. The molecule has 4 nitrogen and oxygen atoms in total. The molecule has 0 radical (unpaired) electrons. The van der Waals surface area contributed by atoms with Crippen molar-refractivity contribution in [3.63, 3.8) is 0 Å². The quantitative estimate of drug-likeness (QED) is 0.857. The van der Waals surface area contributed by atoms with E-state index in [2.05, 4.69) is 10.2 Å². The molecule has 84 valence electrons. The first-order chi connectivity index (χ1) is 7.83. The number of thioether (sulfide) groups is 1. The lowest BCUT2D eigenvalue weighted by Crippen LogP contribution is -2.06. The van der Waals surface area contributed by atoms with Crippen molar-refractivity contribution >= 4 is 23.1 Å². The summed E-state index contributed by atoms with van der Waals surface area (Å²) >= 11 is 2.03. The predicted molar refractivity (Wildman–Crippen MR) is 66.5 cm³/mol. The van der Waals surface area contributed by atoms with Gasteiger partial charge in [-0.1, -0.05) is 0 Å². The van der Waals surface area contributed by atoms with Gasteiger partial charge in [0.1, 0.15) is 5.82 Å². The summed E-state index contributed by atoms with van der Waals surface area (Å²) in [7, 11) is 0. The third-order valence-electron chi connectivity index (χ3n) is 2.99. The molecule has 0 aromatic carbocycles. The minimum Gasteiger partial charge on any atom is -0.398 e. The van der Waals surface area contributed by atoms with Crippen molar-refractivity contribution in [2.75, 3.05) is 17.2 Å². The fourth-order valence-electron chi connectivity index (χ4n) is 2.10. The van der Waals surface area contributed by atoms with Gasteiger partial charge in [0.05, 0.1) is 0 Å². The van der Waals surface area contributed by atoms with Gasteiger partial charge in [0.15, 0.2) is 5.65 Å². The molecular formula is C11H14N4S. The summed E-state index contributed by atoms with van der Waals surface area (Å²) in [6, 6.07) is 3.77. The van der Waals surface area contributed by atoms with Gasteiger partial charge in [0.2, 0.25) is 0 Å². The lowest BCUT2D eigenvalue weighted by molar-refractivity contribution is 0.572. The van der Waals surface area contributed by atoms with Gasteiger partial charge in [-0.25, -0.2) is 0 Å². The summed E-state index contributed by atoms with van der Waals surface area (Å²) in [5, 5.41) is 8.40. The van der Waals surface area contributed by atoms with Gasteiger partial charge in [-0.05, 0) is 36.0 Å². The molecule has 0 bridgehead atoms. The van der Waals surface area contributed by atoms with Gasteiger partial charge in [0.25, 0.3) is 0 Å². The van der Waals surface area contributed by atoms with Gasteiger partial charge in [0, 0.05) is 18.3 Å². The van der Waals surface area contributed by atoms with Crippen LogP contribution in [0.25, 0.3) is 5.65 Å². The number of fused-ring (bicyclic) bond motifs is 1. The first-order valence-electron chi connectivity index (χ1n) is 5.50. The zero-order valence-corrected chi connectivity index (χ0v) is 9.78. The van der Waals surface area contributed by atoms with Crippen LogP contribution in [0, 0.1) is 5.92 Å². The molecule has 2 aromatic rings. The van der Waals surface area contributed by atoms with Gasteiger partial charge >= 0.3 is 0 Å². The summed E-state index contributed by atoms with van der Waals surface area (Å²) in [6.45, 7) is 0. The number of rotatable bonds is 2. The Morgan fingerprint density at radius 2 is 2.38 bits per heavy atom. The lowest BCUT2D eigenvalue weighted by atomic mass is 10.1. The highest BCUT2D eigenvalue weighted by Crippen LogP contribution is 2.26. The molecule has 16 heavy (non-hydrogen) atoms. The highest BCUT2D eigenvalue weighted by atomic mass is 32.2. The van der Waals surface area contributed by atoms with E-state index in [1.807, 2.05) is 34.5 Å². The van der Waals surface area contributed by atoms with E-state index in [0.717, 1.165) is 29.5 Å². The second-order valence-electron chi connectivity index (χ2n) is 4.24. The highest BCUT2D eigenvalue weighted by Gasteiger charge is 2.18. The molecule has 2 N–H and O–H groups in total. The Hall–Kier alpha value is -1.23. The van der Waals surface area contributed by atoms with E-state index < -0.39 is 0 Å². The molecule has 1 aliphatic rings. The van der Waals surface area contributed by atoms with Crippen molar-refractivity contribution < 1.29 is 0 Å². The summed E-state index contributed by atoms with van der Waals surface area (Å²) < 4.78 is 2.01. The Bertz CT molecular complexity index is 502. The van der Waals surface area contributed by atoms with Crippen molar-refractivity contribution in [3.05, 3.63) is 24.2 Å². The van der Waals surface area contributed by atoms with Crippen molar-refractivity contribution in [1.82, 2.24) is 14.6 Å². The molecule has 1 fully saturated rings. The average molecular weight is 234 g/mol. The number of nitrogen functional groups attached to an aromatic ring is 1. The first-order valence-corrected chi connectivity index (χ1v) is 6.65. The molecule has 1 saturated heterocycles. The Morgan fingerprint density at radius 3 is 3.19 bits per heavy atom. The minimum absolute atomic E-state index is 0.749. The third kappa shape index (κ3) is 1.75. The molecule has 1 aliphatic heterocycles. The van der Waals surface area contributed by atoms with Gasteiger partial charge in [-0.15, -0.1) is 10.2 Å². The molecule has 1 atom stereocenters. The van der Waals surface area contributed by atoms with Crippen LogP contribution in [0.3, 0.4) is 0 Å². The average Bonchev–Trinajstić information content (AvgIpc) is 2.90. The Labute approximate surface area is 98.2 Å². The smallest absolute Gasteiger partial charge is 0.160 e. The van der Waals surface area contributed by atoms with E-state index in [1.54, 1.807) is 0 Å². The molecule has 3 rings (SSSR count). The molecule has 5 heteroatoms. The van der Waals surface area contributed by atoms with Gasteiger partial charge < -0.3 is 5.73 Å². The van der Waals surface area contributed by atoms with E-state index in [-0.39, 0.29) is 0 Å². The number of nitrogens with zero attached hydrogens (tertiary/aromatic N) is 3. The molecule has 0 amide bonds. The zero-order chi connectivity index (χ0) is 11.0. The topological polar surface area (TPSA) is 56.2 Å². The molecule has 0 saturated carbocycles. The summed E-state index contributed by atoms with van der Waals surface area (Å²) in [6.07, 6.45) is 4.21. The molecule has 0 spiro atoms. The van der Waals surface area contributed by atoms with Crippen molar-refractivity contribution in [2.24, 2.45) is 5.92 Å². The predicted octanol–water partition coefficient (Wildman–Crippen LogP) is 1.61. The Morgan fingerprint density at radius 1 is 1.44 bits per heavy atom. The lowest BCUT2D eigenvalue weighted by Gasteiger charge is -2.06. The van der Waals surface area contributed by atoms with Gasteiger partial charge in [-0.2, -0.15) is 11.8 Å². The highest BCUT2D eigenvalue weighted by molar-refractivity contribution is 7.99. The van der Waals surface area contributed by atoms with Crippen molar-refractivity contribution in [1.29, 1.82) is 0 Å². The van der Waals surface area contributed by atoms with Crippen LogP contribution < -0.4 is 5.73 Å². The van der Waals surface area contributed by atoms with E-state index in [9.17, 15) is 0 Å². The molecule has 0 aliphatic carbocycles. The number of hydrogen-bond acceptors (Lipinski definition) is 4. The van der Waals surface area contributed by atoms with E-state index in [1.165, 1.54) is 17.9 Å². The van der Waals surface area contributed by atoms with Crippen LogP contribution in [0.1, 0.15) is 12.2 Å². The second-order valence-corrected chi connectivity index (χ2v) is 5.39. The fraction of sp³-hybridized carbons (Fsp3) is 0.455. The van der Waals surface area contributed by atoms with Crippen LogP contribution in [0.4, 0.5) is 5.69 Å². The summed E-state index contributed by atoms with van der Waals surface area (Å²) in [5.74, 6) is 4.31. The maximum absolute atomic E-state index is 5.78. The Kier molecular flexibility index (Phi) is 2.47. The number of pyridine rings is 1. The van der Waals surface area contributed by atoms with Gasteiger partial charge in [-0.3, -0.25) is 4.40 Å². The van der Waals surface area contributed by atoms with Crippen LogP contribution in [0.15, 0.2) is 18.3 Å². The summed E-state index contributed by atoms with van der Waals surface area (Å²) in [5.41, 5.74) is 7.42. The number of anilines is 1. The van der Waals surface area contributed by atoms with Crippen LogP contribution in [-0.2, 0) is 6.42 Å². The van der Waals surface area contributed by atoms with E-state index in [0.29, 0.717) is 0 Å². The van der Waals surface area contributed by atoms with Crippen LogP contribution >= 0.6 is 11.8 Å². The summed E-state index contributed by atoms with van der Waals surface area (Å²) in [4.78, 5) is 0. The van der Waals surface area contributed by atoms with Crippen LogP contribution in [0.5, 0.6) is 0 Å². The Balaban J connectivity index is 1.93. The maximum atomic E-state index is 5.78. The standard InChI is InChI=1S/C11H14N4S/c12-9-1-2-10-13-14-11(15(10)6-9)5-8-3-4-16-7-8/h1-2,6,8H,3-5,7,12H2. The first kappa shape index (κ1) is 9.96. The SMILES string of the molecule is Nc1ccc2nnc(CC3CCSC3)n2c1. The van der Waals surface area contributed by atoms with E-state index in [4.69, 9.17) is 5.73 Å². The van der Waals surface area contributed by atoms with Crippen LogP contribution in [-0.4, -0.2) is 26.1 Å². The largest absolute Gasteiger partial charge is 0.398 e. The second kappa shape index (κ2) is 3.97. The zero-order valence-electron chi connectivity index (χ0n) is 8.97. The third-order valence-corrected chi connectivity index (χ3v) is 4.22. The number of aromatic nitrogens is 3. The molecule has 3 heterocycles. The molecular weight excluding hydrogens is 220 g/mol. The normalized spacial score (nSPS) is 20.6. The fourth-order valence-corrected chi connectivity index (χ4v) is 3.38. The van der Waals surface area contributed by atoms with Crippen LogP contribution in [0.2, 0.25) is 0 Å². The number of nitrogens with two attached hydrogens (primary N) is 1. The maximum Gasteiger partial charge on any atom is 0.160 e. The van der Waals surface area contributed by atoms with E-state index >= 15 is 0 Å².